The predicted molar refractivity (Wildman–Crippen MR) is 44.9 cm³/mol. The van der Waals surface area contributed by atoms with Gasteiger partial charge in [0.2, 0.25) is 5.78 Å². The van der Waals surface area contributed by atoms with Crippen LogP contribution in [0.25, 0.3) is 0 Å². The highest BCUT2D eigenvalue weighted by Crippen LogP contribution is 2.05. The topological polar surface area (TPSA) is 58.0 Å². The molecule has 0 atom stereocenters. The van der Waals surface area contributed by atoms with Crippen molar-refractivity contribution in [2.24, 2.45) is 0 Å². The summed E-state index contributed by atoms with van der Waals surface area (Å²) in [7, 11) is 0. The third-order valence-electron chi connectivity index (χ3n) is 1.48. The molecule has 1 rings (SSSR count). The number of carbonyl (C=O) groups is 2. The number of hydrogen-bond donors (Lipinski definition) is 1. The van der Waals surface area contributed by atoms with Crippen molar-refractivity contribution in [2.75, 3.05) is 0 Å². The van der Waals surface area contributed by atoms with E-state index in [1.54, 1.807) is 18.2 Å². The zero-order valence-corrected chi connectivity index (χ0v) is 6.28. The number of nitrogens with one attached hydrogen (secondary N) is 1. The molecule has 3 heteroatoms. The number of ketones is 1. The van der Waals surface area contributed by atoms with E-state index < -0.39 is 5.78 Å². The highest BCUT2D eigenvalue weighted by molar-refractivity contribution is 6.35. The Balaban J connectivity index is 3.21. The Morgan fingerprint density at radius 2 is 2.00 bits per heavy atom. The van der Waals surface area contributed by atoms with Gasteiger partial charge in [-0.1, -0.05) is 24.3 Å². The van der Waals surface area contributed by atoms with Crippen molar-refractivity contribution in [1.82, 2.24) is 0 Å². The predicted octanol–water partition coefficient (Wildman–Crippen LogP) is 1.33. The molecule has 0 aromatic heterocycles. The summed E-state index contributed by atoms with van der Waals surface area (Å²) in [6.07, 6.45) is 1.30. The van der Waals surface area contributed by atoms with Crippen molar-refractivity contribution in [2.45, 2.75) is 0 Å². The molecule has 0 fully saturated rings. The largest absolute Gasteiger partial charge is 0.305 e. The molecule has 0 heterocycles. The first-order valence-corrected chi connectivity index (χ1v) is 3.38. The molecule has 0 aliphatic carbocycles. The van der Waals surface area contributed by atoms with Crippen molar-refractivity contribution in [3.8, 4) is 0 Å². The number of benzene rings is 1. The Kier molecular flexibility index (Phi) is 2.48. The fourth-order valence-corrected chi connectivity index (χ4v) is 0.902. The second kappa shape index (κ2) is 3.57. The summed E-state index contributed by atoms with van der Waals surface area (Å²) in [5.74, 6) is -0.447. The smallest absolute Gasteiger partial charge is 0.203 e. The summed E-state index contributed by atoms with van der Waals surface area (Å²) >= 11 is 0. The number of rotatable bonds is 3. The summed E-state index contributed by atoms with van der Waals surface area (Å²) in [6.45, 7) is 0. The van der Waals surface area contributed by atoms with Gasteiger partial charge in [0.05, 0.1) is 6.21 Å². The SMILES string of the molecule is N=CC(=O)c1ccccc1C=O. The van der Waals surface area contributed by atoms with Crippen molar-refractivity contribution < 1.29 is 9.59 Å². The average molecular weight is 161 g/mol. The van der Waals surface area contributed by atoms with Gasteiger partial charge in [-0.2, -0.15) is 0 Å². The van der Waals surface area contributed by atoms with Gasteiger partial charge in [-0.15, -0.1) is 0 Å². The molecule has 0 radical (unpaired) electrons. The lowest BCUT2D eigenvalue weighted by Gasteiger charge is -1.97. The normalized spacial score (nSPS) is 9.00. The molecule has 60 valence electrons. The van der Waals surface area contributed by atoms with Gasteiger partial charge in [0.15, 0.2) is 6.29 Å². The number of carbonyl (C=O) groups excluding carboxylic acids is 2. The second-order valence-corrected chi connectivity index (χ2v) is 2.21. The average Bonchev–Trinajstić information content (AvgIpc) is 2.16. The second-order valence-electron chi connectivity index (χ2n) is 2.21. The Morgan fingerprint density at radius 3 is 2.58 bits per heavy atom. The van der Waals surface area contributed by atoms with Crippen LogP contribution in [0.1, 0.15) is 20.7 Å². The standard InChI is InChI=1S/C9H7NO2/c10-5-9(12)8-4-2-1-3-7(8)6-11/h1-6,10H. The lowest BCUT2D eigenvalue weighted by atomic mass is 10.1. The molecule has 0 amide bonds. The van der Waals surface area contributed by atoms with Gasteiger partial charge in [0.25, 0.3) is 0 Å². The molecule has 1 N–H and O–H groups in total. The van der Waals surface area contributed by atoms with Crippen LogP contribution in [-0.4, -0.2) is 18.3 Å². The van der Waals surface area contributed by atoms with E-state index in [0.717, 1.165) is 0 Å². The van der Waals surface area contributed by atoms with E-state index in [2.05, 4.69) is 0 Å². The third-order valence-corrected chi connectivity index (χ3v) is 1.48. The molecule has 0 aliphatic rings. The van der Waals surface area contributed by atoms with Gasteiger partial charge in [0, 0.05) is 11.1 Å². The fourth-order valence-electron chi connectivity index (χ4n) is 0.902. The first-order valence-electron chi connectivity index (χ1n) is 3.38. The molecule has 3 nitrogen and oxygen atoms in total. The van der Waals surface area contributed by atoms with Gasteiger partial charge < -0.3 is 5.41 Å². The molecule has 0 unspecified atom stereocenters. The molecule has 0 bridgehead atoms. The molecule has 1 aromatic carbocycles. The molecular formula is C9H7NO2. The summed E-state index contributed by atoms with van der Waals surface area (Å²) in [4.78, 5) is 21.4. The molecular weight excluding hydrogens is 154 g/mol. The minimum atomic E-state index is -0.447. The molecule has 0 saturated heterocycles. The van der Waals surface area contributed by atoms with E-state index in [1.807, 2.05) is 0 Å². The van der Waals surface area contributed by atoms with Gasteiger partial charge in [-0.25, -0.2) is 0 Å². The van der Waals surface area contributed by atoms with Gasteiger partial charge >= 0.3 is 0 Å². The maximum absolute atomic E-state index is 11.0. The first-order chi connectivity index (χ1) is 5.79. The lowest BCUT2D eigenvalue weighted by Crippen LogP contribution is -2.03. The maximum atomic E-state index is 11.0. The zero-order valence-electron chi connectivity index (χ0n) is 6.28. The number of hydrogen-bond acceptors (Lipinski definition) is 3. The van der Waals surface area contributed by atoms with E-state index in [9.17, 15) is 9.59 Å². The van der Waals surface area contributed by atoms with Crippen LogP contribution in [0.5, 0.6) is 0 Å². The Bertz CT molecular complexity index is 331. The van der Waals surface area contributed by atoms with Crippen molar-refractivity contribution in [3.05, 3.63) is 35.4 Å². The van der Waals surface area contributed by atoms with Crippen molar-refractivity contribution in [3.63, 3.8) is 0 Å². The maximum Gasteiger partial charge on any atom is 0.203 e. The Labute approximate surface area is 69.5 Å². The quantitative estimate of drug-likeness (QED) is 0.413. The van der Waals surface area contributed by atoms with Crippen LogP contribution in [-0.2, 0) is 0 Å². The Morgan fingerprint density at radius 1 is 1.33 bits per heavy atom. The van der Waals surface area contributed by atoms with Crippen LogP contribution in [0.4, 0.5) is 0 Å². The van der Waals surface area contributed by atoms with Crippen molar-refractivity contribution >= 4 is 18.3 Å². The minimum absolute atomic E-state index is 0.280. The summed E-state index contributed by atoms with van der Waals surface area (Å²) in [5, 5.41) is 6.73. The van der Waals surface area contributed by atoms with Gasteiger partial charge in [-0.3, -0.25) is 9.59 Å². The summed E-state index contributed by atoms with van der Waals surface area (Å²) in [6, 6.07) is 6.40. The van der Waals surface area contributed by atoms with E-state index in [-0.39, 0.29) is 5.56 Å². The van der Waals surface area contributed by atoms with E-state index in [0.29, 0.717) is 18.1 Å². The van der Waals surface area contributed by atoms with E-state index in [4.69, 9.17) is 5.41 Å². The van der Waals surface area contributed by atoms with Crippen molar-refractivity contribution in [1.29, 1.82) is 5.41 Å². The van der Waals surface area contributed by atoms with Crippen LogP contribution < -0.4 is 0 Å². The van der Waals surface area contributed by atoms with E-state index >= 15 is 0 Å². The minimum Gasteiger partial charge on any atom is -0.305 e. The molecule has 0 spiro atoms. The summed E-state index contributed by atoms with van der Waals surface area (Å²) < 4.78 is 0. The van der Waals surface area contributed by atoms with Crippen LogP contribution in [0, 0.1) is 5.41 Å². The number of Topliss-reactive ketones (excluding diaryl/α,β-unsaturated/α-hetero) is 1. The molecule has 1 aromatic rings. The van der Waals surface area contributed by atoms with Crippen LogP contribution in [0.3, 0.4) is 0 Å². The van der Waals surface area contributed by atoms with Gasteiger partial charge in [0.1, 0.15) is 0 Å². The highest BCUT2D eigenvalue weighted by atomic mass is 16.1. The molecule has 0 saturated carbocycles. The van der Waals surface area contributed by atoms with Gasteiger partial charge in [-0.05, 0) is 0 Å². The van der Waals surface area contributed by atoms with Crippen LogP contribution in [0.2, 0.25) is 0 Å². The molecule has 0 aliphatic heterocycles. The molecule has 12 heavy (non-hydrogen) atoms. The fraction of sp³-hybridized carbons (Fsp3) is 0. The third kappa shape index (κ3) is 1.45. The Hall–Kier alpha value is -1.77. The summed E-state index contributed by atoms with van der Waals surface area (Å²) in [5.41, 5.74) is 0.605. The van der Waals surface area contributed by atoms with E-state index in [1.165, 1.54) is 6.07 Å². The lowest BCUT2D eigenvalue weighted by molar-refractivity contribution is 0.105. The zero-order chi connectivity index (χ0) is 8.97. The highest BCUT2D eigenvalue weighted by Gasteiger charge is 2.06. The number of aldehydes is 1. The monoisotopic (exact) mass is 161 g/mol. The van der Waals surface area contributed by atoms with Crippen LogP contribution >= 0.6 is 0 Å². The van der Waals surface area contributed by atoms with Crippen LogP contribution in [0.15, 0.2) is 24.3 Å². The first kappa shape index (κ1) is 8.33.